The molecule has 0 aliphatic carbocycles. The number of nitrogens with zero attached hydrogens (tertiary/aromatic N) is 1. The van der Waals surface area contributed by atoms with Gasteiger partial charge in [0, 0.05) is 13.1 Å². The van der Waals surface area contributed by atoms with Crippen LogP contribution in [0.4, 0.5) is 0 Å². The van der Waals surface area contributed by atoms with Gasteiger partial charge in [-0.25, -0.2) is 0 Å². The van der Waals surface area contributed by atoms with E-state index in [0.29, 0.717) is 11.3 Å². The lowest BCUT2D eigenvalue weighted by Gasteiger charge is -2.24. The molecule has 0 aromatic heterocycles. The van der Waals surface area contributed by atoms with Gasteiger partial charge in [0.25, 0.3) is 5.91 Å². The lowest BCUT2D eigenvalue weighted by atomic mass is 10.1. The zero-order valence-electron chi connectivity index (χ0n) is 10.7. The minimum Gasteiger partial charge on any atom is -0.496 e. The number of para-hydroxylation sites is 1. The molecule has 1 aromatic carbocycles. The normalized spacial score (nSPS) is 12.0. The molecule has 0 spiro atoms. The molecule has 2 N–H and O–H groups in total. The van der Waals surface area contributed by atoms with Crippen molar-refractivity contribution in [3.05, 3.63) is 29.8 Å². The third-order valence-electron chi connectivity index (χ3n) is 2.48. The van der Waals surface area contributed by atoms with Gasteiger partial charge in [0.15, 0.2) is 0 Å². The average molecular weight is 253 g/mol. The second-order valence-electron chi connectivity index (χ2n) is 4.02. The average Bonchev–Trinajstić information content (AvgIpc) is 2.37. The van der Waals surface area contributed by atoms with Crippen LogP contribution in [0.25, 0.3) is 0 Å². The number of carbonyl (C=O) groups excluding carboxylic acids is 1. The first kappa shape index (κ1) is 14.5. The van der Waals surface area contributed by atoms with Crippen LogP contribution in [0.3, 0.4) is 0 Å². The second kappa shape index (κ2) is 6.98. The van der Waals surface area contributed by atoms with E-state index in [2.05, 4.69) is 0 Å². The van der Waals surface area contributed by atoms with Crippen molar-refractivity contribution < 1.29 is 19.7 Å². The Morgan fingerprint density at radius 1 is 1.44 bits per heavy atom. The predicted octanol–water partition coefficient (Wildman–Crippen LogP) is 0.510. The third kappa shape index (κ3) is 3.72. The molecule has 1 unspecified atom stereocenters. The minimum atomic E-state index is -0.643. The first-order valence-electron chi connectivity index (χ1n) is 5.81. The summed E-state index contributed by atoms with van der Waals surface area (Å²) >= 11 is 0. The maximum Gasteiger partial charge on any atom is 0.257 e. The zero-order valence-corrected chi connectivity index (χ0v) is 10.7. The lowest BCUT2D eigenvalue weighted by molar-refractivity contribution is 0.0602. The SMILES string of the molecule is COc1ccccc1C(=O)N(CCO)CC(C)O. The van der Waals surface area contributed by atoms with Crippen LogP contribution in [0.1, 0.15) is 17.3 Å². The van der Waals surface area contributed by atoms with Gasteiger partial charge in [-0.05, 0) is 19.1 Å². The Morgan fingerprint density at radius 2 is 2.11 bits per heavy atom. The van der Waals surface area contributed by atoms with Crippen LogP contribution in [0, 0.1) is 0 Å². The molecule has 1 rings (SSSR count). The van der Waals surface area contributed by atoms with Gasteiger partial charge in [-0.1, -0.05) is 12.1 Å². The molecule has 5 heteroatoms. The van der Waals surface area contributed by atoms with Crippen LogP contribution in [0.15, 0.2) is 24.3 Å². The summed E-state index contributed by atoms with van der Waals surface area (Å²) in [6.07, 6.45) is -0.643. The van der Waals surface area contributed by atoms with Gasteiger partial charge in [0.2, 0.25) is 0 Å². The topological polar surface area (TPSA) is 70.0 Å². The largest absolute Gasteiger partial charge is 0.496 e. The van der Waals surface area contributed by atoms with Gasteiger partial charge < -0.3 is 19.8 Å². The fraction of sp³-hybridized carbons (Fsp3) is 0.462. The van der Waals surface area contributed by atoms with E-state index in [9.17, 15) is 9.90 Å². The Kier molecular flexibility index (Phi) is 5.61. The van der Waals surface area contributed by atoms with E-state index in [1.165, 1.54) is 12.0 Å². The van der Waals surface area contributed by atoms with Gasteiger partial charge in [0.1, 0.15) is 5.75 Å². The number of methoxy groups -OCH3 is 1. The minimum absolute atomic E-state index is 0.145. The smallest absolute Gasteiger partial charge is 0.257 e. The van der Waals surface area contributed by atoms with Crippen molar-refractivity contribution in [3.8, 4) is 5.75 Å². The fourth-order valence-corrected chi connectivity index (χ4v) is 1.71. The van der Waals surface area contributed by atoms with Crippen molar-refractivity contribution in [1.82, 2.24) is 4.90 Å². The monoisotopic (exact) mass is 253 g/mol. The molecule has 0 radical (unpaired) electrons. The number of rotatable bonds is 6. The van der Waals surface area contributed by atoms with Crippen molar-refractivity contribution >= 4 is 5.91 Å². The van der Waals surface area contributed by atoms with E-state index in [1.54, 1.807) is 31.2 Å². The quantitative estimate of drug-likeness (QED) is 0.775. The number of amides is 1. The van der Waals surface area contributed by atoms with Gasteiger partial charge in [-0.3, -0.25) is 4.79 Å². The highest BCUT2D eigenvalue weighted by molar-refractivity contribution is 5.97. The first-order valence-corrected chi connectivity index (χ1v) is 5.81. The van der Waals surface area contributed by atoms with Crippen molar-refractivity contribution in [1.29, 1.82) is 0 Å². The van der Waals surface area contributed by atoms with Crippen LogP contribution in [-0.4, -0.2) is 53.9 Å². The summed E-state index contributed by atoms with van der Waals surface area (Å²) in [5.74, 6) is 0.221. The molecule has 0 fully saturated rings. The van der Waals surface area contributed by atoms with E-state index >= 15 is 0 Å². The molecule has 5 nitrogen and oxygen atoms in total. The molecule has 0 aliphatic heterocycles. The fourth-order valence-electron chi connectivity index (χ4n) is 1.71. The van der Waals surface area contributed by atoms with Gasteiger partial charge >= 0.3 is 0 Å². The van der Waals surface area contributed by atoms with Crippen molar-refractivity contribution in [2.45, 2.75) is 13.0 Å². The first-order chi connectivity index (χ1) is 8.60. The van der Waals surface area contributed by atoms with E-state index < -0.39 is 6.10 Å². The number of ether oxygens (including phenoxy) is 1. The Hall–Kier alpha value is -1.59. The molecule has 1 aromatic rings. The van der Waals surface area contributed by atoms with E-state index in [0.717, 1.165) is 0 Å². The zero-order chi connectivity index (χ0) is 13.5. The van der Waals surface area contributed by atoms with E-state index in [1.807, 2.05) is 0 Å². The molecule has 0 bridgehead atoms. The summed E-state index contributed by atoms with van der Waals surface area (Å²) in [5, 5.41) is 18.3. The molecule has 0 aliphatic rings. The summed E-state index contributed by atoms with van der Waals surface area (Å²) in [6.45, 7) is 1.81. The summed E-state index contributed by atoms with van der Waals surface area (Å²) in [6, 6.07) is 6.89. The second-order valence-corrected chi connectivity index (χ2v) is 4.02. The molecule has 1 amide bonds. The summed E-state index contributed by atoms with van der Waals surface area (Å²) in [5.41, 5.74) is 0.425. The standard InChI is InChI=1S/C13H19NO4/c1-10(16)9-14(7-8-15)13(17)11-5-3-4-6-12(11)18-2/h3-6,10,15-16H,7-9H2,1-2H3. The van der Waals surface area contributed by atoms with Crippen molar-refractivity contribution in [2.75, 3.05) is 26.8 Å². The lowest BCUT2D eigenvalue weighted by Crippen LogP contribution is -2.38. The molecule has 18 heavy (non-hydrogen) atoms. The van der Waals surface area contributed by atoms with Gasteiger partial charge in [-0.2, -0.15) is 0 Å². The van der Waals surface area contributed by atoms with Crippen LogP contribution in [-0.2, 0) is 0 Å². The molecule has 0 saturated carbocycles. The summed E-state index contributed by atoms with van der Waals surface area (Å²) in [4.78, 5) is 13.7. The van der Waals surface area contributed by atoms with E-state index in [4.69, 9.17) is 9.84 Å². The maximum atomic E-state index is 12.3. The maximum absolute atomic E-state index is 12.3. The Balaban J connectivity index is 2.94. The number of hydrogen-bond acceptors (Lipinski definition) is 4. The summed E-state index contributed by atoms with van der Waals surface area (Å²) < 4.78 is 5.13. The molecular formula is C13H19NO4. The van der Waals surface area contributed by atoms with Gasteiger partial charge in [0.05, 0.1) is 25.4 Å². The van der Waals surface area contributed by atoms with Crippen molar-refractivity contribution in [3.63, 3.8) is 0 Å². The highest BCUT2D eigenvalue weighted by atomic mass is 16.5. The van der Waals surface area contributed by atoms with Crippen LogP contribution < -0.4 is 4.74 Å². The number of aliphatic hydroxyl groups excluding tert-OH is 2. The van der Waals surface area contributed by atoms with Gasteiger partial charge in [-0.15, -0.1) is 0 Å². The number of hydrogen-bond donors (Lipinski definition) is 2. The predicted molar refractivity (Wildman–Crippen MR) is 67.7 cm³/mol. The highest BCUT2D eigenvalue weighted by Crippen LogP contribution is 2.19. The Morgan fingerprint density at radius 3 is 2.67 bits per heavy atom. The molecule has 0 saturated heterocycles. The third-order valence-corrected chi connectivity index (χ3v) is 2.48. The Bertz CT molecular complexity index is 392. The van der Waals surface area contributed by atoms with Crippen LogP contribution >= 0.6 is 0 Å². The number of aliphatic hydroxyl groups is 2. The summed E-state index contributed by atoms with van der Waals surface area (Å²) in [7, 11) is 1.50. The molecule has 100 valence electrons. The van der Waals surface area contributed by atoms with Crippen LogP contribution in [0.2, 0.25) is 0 Å². The van der Waals surface area contributed by atoms with Crippen molar-refractivity contribution in [2.24, 2.45) is 0 Å². The molecule has 0 heterocycles. The van der Waals surface area contributed by atoms with Crippen LogP contribution in [0.5, 0.6) is 5.75 Å². The Labute approximate surface area is 107 Å². The number of benzene rings is 1. The number of carbonyl (C=O) groups is 1. The molecule has 1 atom stereocenters. The van der Waals surface area contributed by atoms with E-state index in [-0.39, 0.29) is 25.6 Å². The molecular weight excluding hydrogens is 234 g/mol. The highest BCUT2D eigenvalue weighted by Gasteiger charge is 2.19.